The second kappa shape index (κ2) is 7.98. The zero-order valence-electron chi connectivity index (χ0n) is 11.7. The number of aliphatic carboxylic acids is 1. The van der Waals surface area contributed by atoms with Gasteiger partial charge in [0.1, 0.15) is 5.54 Å². The fraction of sp³-hybridized carbons (Fsp3) is 0.923. The highest BCUT2D eigenvalue weighted by molar-refractivity contribution is 7.99. The number of thioether (sulfide) groups is 1. The first-order valence-electron chi connectivity index (χ1n) is 6.40. The zero-order chi connectivity index (χ0) is 13.5. The zero-order valence-corrected chi connectivity index (χ0v) is 12.6. The fourth-order valence-electron chi connectivity index (χ4n) is 1.78. The van der Waals surface area contributed by atoms with Gasteiger partial charge in [0, 0.05) is 6.04 Å². The van der Waals surface area contributed by atoms with Gasteiger partial charge in [0.15, 0.2) is 0 Å². The van der Waals surface area contributed by atoms with E-state index in [-0.39, 0.29) is 6.04 Å². The summed E-state index contributed by atoms with van der Waals surface area (Å²) in [4.78, 5) is 11.3. The van der Waals surface area contributed by atoms with Crippen molar-refractivity contribution in [2.24, 2.45) is 0 Å². The van der Waals surface area contributed by atoms with Crippen LogP contribution >= 0.6 is 11.8 Å². The van der Waals surface area contributed by atoms with Gasteiger partial charge in [0.2, 0.25) is 0 Å². The second-order valence-electron chi connectivity index (χ2n) is 5.31. The number of carbonyl (C=O) groups is 1. The molecule has 0 aliphatic rings. The maximum atomic E-state index is 11.3. The Morgan fingerprint density at radius 3 is 2.29 bits per heavy atom. The van der Waals surface area contributed by atoms with E-state index in [1.165, 1.54) is 0 Å². The highest BCUT2D eigenvalue weighted by atomic mass is 32.2. The summed E-state index contributed by atoms with van der Waals surface area (Å²) in [5, 5.41) is 13.1. The third kappa shape index (κ3) is 7.66. The van der Waals surface area contributed by atoms with E-state index in [0.717, 1.165) is 18.6 Å². The second-order valence-corrected chi connectivity index (χ2v) is 7.00. The van der Waals surface area contributed by atoms with Gasteiger partial charge in [0.05, 0.1) is 0 Å². The Morgan fingerprint density at radius 1 is 1.29 bits per heavy atom. The third-order valence-corrected chi connectivity index (χ3v) is 3.79. The molecule has 4 heteroatoms. The first kappa shape index (κ1) is 16.8. The molecule has 1 atom stereocenters. The Hall–Kier alpha value is -0.220. The minimum atomic E-state index is -0.781. The van der Waals surface area contributed by atoms with Crippen molar-refractivity contribution in [3.8, 4) is 0 Å². The van der Waals surface area contributed by atoms with Crippen LogP contribution in [-0.2, 0) is 4.79 Å². The van der Waals surface area contributed by atoms with Crippen molar-refractivity contribution in [1.82, 2.24) is 5.32 Å². The molecule has 0 fully saturated rings. The number of hydrogen-bond donors (Lipinski definition) is 2. The van der Waals surface area contributed by atoms with Crippen LogP contribution in [0.2, 0.25) is 0 Å². The standard InChI is InChI=1S/C13H27NO2S/c1-10(2)14-13(5,12(15)16)8-6-7-9-17-11(3)4/h10-11,14H,6-9H2,1-5H3,(H,15,16). The van der Waals surface area contributed by atoms with Crippen LogP contribution in [0.15, 0.2) is 0 Å². The lowest BCUT2D eigenvalue weighted by Crippen LogP contribution is -2.52. The minimum Gasteiger partial charge on any atom is -0.480 e. The maximum absolute atomic E-state index is 11.3. The molecule has 0 aromatic heterocycles. The molecule has 0 bridgehead atoms. The number of carboxylic acid groups (broad SMARTS) is 1. The Morgan fingerprint density at radius 2 is 1.88 bits per heavy atom. The minimum absolute atomic E-state index is 0.195. The van der Waals surface area contributed by atoms with Crippen LogP contribution in [0.1, 0.15) is 53.9 Å². The Balaban J connectivity index is 3.97. The summed E-state index contributed by atoms with van der Waals surface area (Å²) in [6.45, 7) is 10.1. The average Bonchev–Trinajstić information content (AvgIpc) is 2.15. The van der Waals surface area contributed by atoms with Crippen molar-refractivity contribution in [3.05, 3.63) is 0 Å². The Kier molecular flexibility index (Phi) is 7.88. The molecule has 0 aromatic carbocycles. The number of carboxylic acids is 1. The molecule has 1 unspecified atom stereocenters. The summed E-state index contributed by atoms with van der Waals surface area (Å²) < 4.78 is 0. The molecular formula is C13H27NO2S. The predicted octanol–water partition coefficient (Wildman–Crippen LogP) is 3.14. The molecule has 0 aromatic rings. The monoisotopic (exact) mass is 261 g/mol. The summed E-state index contributed by atoms with van der Waals surface area (Å²) in [5.41, 5.74) is -0.781. The molecule has 0 radical (unpaired) electrons. The number of hydrogen-bond acceptors (Lipinski definition) is 3. The quantitative estimate of drug-likeness (QED) is 0.626. The van der Waals surface area contributed by atoms with E-state index in [0.29, 0.717) is 11.7 Å². The summed E-state index contributed by atoms with van der Waals surface area (Å²) in [5.74, 6) is 0.373. The maximum Gasteiger partial charge on any atom is 0.323 e. The van der Waals surface area contributed by atoms with E-state index in [4.69, 9.17) is 0 Å². The van der Waals surface area contributed by atoms with Gasteiger partial charge in [-0.05, 0) is 44.6 Å². The summed E-state index contributed by atoms with van der Waals surface area (Å²) in [6, 6.07) is 0.195. The molecule has 0 saturated heterocycles. The molecule has 0 spiro atoms. The third-order valence-electron chi connectivity index (χ3n) is 2.60. The summed E-state index contributed by atoms with van der Waals surface area (Å²) in [6.07, 6.45) is 2.74. The van der Waals surface area contributed by atoms with E-state index < -0.39 is 11.5 Å². The van der Waals surface area contributed by atoms with Crippen molar-refractivity contribution >= 4 is 17.7 Å². The normalized spacial score (nSPS) is 15.2. The highest BCUT2D eigenvalue weighted by Crippen LogP contribution is 2.18. The first-order valence-corrected chi connectivity index (χ1v) is 7.45. The topological polar surface area (TPSA) is 49.3 Å². The van der Waals surface area contributed by atoms with Gasteiger partial charge in [-0.2, -0.15) is 11.8 Å². The summed E-state index contributed by atoms with van der Waals surface area (Å²) in [7, 11) is 0. The molecular weight excluding hydrogens is 234 g/mol. The fourth-order valence-corrected chi connectivity index (χ4v) is 2.62. The first-order chi connectivity index (χ1) is 7.78. The van der Waals surface area contributed by atoms with Crippen molar-refractivity contribution in [1.29, 1.82) is 0 Å². The van der Waals surface area contributed by atoms with Crippen molar-refractivity contribution in [2.75, 3.05) is 5.75 Å². The van der Waals surface area contributed by atoms with Crippen LogP contribution < -0.4 is 5.32 Å². The largest absolute Gasteiger partial charge is 0.480 e. The van der Waals surface area contributed by atoms with E-state index in [1.54, 1.807) is 6.92 Å². The number of nitrogens with one attached hydrogen (secondary N) is 1. The van der Waals surface area contributed by atoms with E-state index in [9.17, 15) is 9.90 Å². The van der Waals surface area contributed by atoms with Gasteiger partial charge in [-0.25, -0.2) is 0 Å². The van der Waals surface area contributed by atoms with E-state index in [1.807, 2.05) is 25.6 Å². The lowest BCUT2D eigenvalue weighted by molar-refractivity contribution is -0.144. The highest BCUT2D eigenvalue weighted by Gasteiger charge is 2.32. The molecule has 2 N–H and O–H groups in total. The van der Waals surface area contributed by atoms with Crippen molar-refractivity contribution in [3.63, 3.8) is 0 Å². The molecule has 0 amide bonds. The lowest BCUT2D eigenvalue weighted by Gasteiger charge is -2.28. The van der Waals surface area contributed by atoms with Crippen LogP contribution in [-0.4, -0.2) is 33.7 Å². The molecule has 3 nitrogen and oxygen atoms in total. The van der Waals surface area contributed by atoms with Gasteiger partial charge in [-0.15, -0.1) is 0 Å². The SMILES string of the molecule is CC(C)NC(C)(CCCCSC(C)C)C(=O)O. The predicted molar refractivity (Wildman–Crippen MR) is 75.8 cm³/mol. The van der Waals surface area contributed by atoms with Gasteiger partial charge in [-0.3, -0.25) is 10.1 Å². The molecule has 0 aliphatic heterocycles. The number of rotatable bonds is 9. The molecule has 102 valence electrons. The van der Waals surface area contributed by atoms with E-state index in [2.05, 4.69) is 19.2 Å². The summed E-state index contributed by atoms with van der Waals surface area (Å²) >= 11 is 1.94. The van der Waals surface area contributed by atoms with Crippen molar-refractivity contribution in [2.45, 2.75) is 70.7 Å². The van der Waals surface area contributed by atoms with Gasteiger partial charge in [0.25, 0.3) is 0 Å². The van der Waals surface area contributed by atoms with Crippen LogP contribution in [0.4, 0.5) is 0 Å². The smallest absolute Gasteiger partial charge is 0.323 e. The Labute approximate surface area is 110 Å². The van der Waals surface area contributed by atoms with Crippen LogP contribution in [0.25, 0.3) is 0 Å². The van der Waals surface area contributed by atoms with Gasteiger partial charge in [-0.1, -0.05) is 20.3 Å². The number of unbranched alkanes of at least 4 members (excludes halogenated alkanes) is 1. The van der Waals surface area contributed by atoms with Gasteiger partial charge < -0.3 is 5.11 Å². The van der Waals surface area contributed by atoms with Crippen molar-refractivity contribution < 1.29 is 9.90 Å². The van der Waals surface area contributed by atoms with Crippen LogP contribution in [0, 0.1) is 0 Å². The van der Waals surface area contributed by atoms with Crippen LogP contribution in [0.3, 0.4) is 0 Å². The van der Waals surface area contributed by atoms with Gasteiger partial charge >= 0.3 is 5.97 Å². The molecule has 0 saturated carbocycles. The Bertz CT molecular complexity index is 231. The van der Waals surface area contributed by atoms with E-state index >= 15 is 0 Å². The lowest BCUT2D eigenvalue weighted by atomic mass is 9.94. The van der Waals surface area contributed by atoms with Crippen LogP contribution in [0.5, 0.6) is 0 Å². The molecule has 0 rings (SSSR count). The molecule has 0 aliphatic carbocycles. The molecule has 17 heavy (non-hydrogen) atoms. The molecule has 0 heterocycles. The average molecular weight is 261 g/mol.